The summed E-state index contributed by atoms with van der Waals surface area (Å²) in [6.45, 7) is 3.12. The first kappa shape index (κ1) is 14.8. The van der Waals surface area contributed by atoms with E-state index in [1.807, 2.05) is 0 Å². The molecular weight excluding hydrogens is 246 g/mol. The van der Waals surface area contributed by atoms with Crippen LogP contribution in [0.15, 0.2) is 0 Å². The van der Waals surface area contributed by atoms with E-state index in [1.165, 1.54) is 57.8 Å². The second kappa shape index (κ2) is 6.36. The quantitative estimate of drug-likeness (QED) is 0.822. The second-order valence-corrected chi connectivity index (χ2v) is 8.12. The molecule has 0 aromatic heterocycles. The molecule has 5 unspecified atom stereocenters. The molecule has 0 radical (unpaired) electrons. The van der Waals surface area contributed by atoms with Gasteiger partial charge >= 0.3 is 0 Å². The minimum Gasteiger partial charge on any atom is -0.389 e. The molecule has 116 valence electrons. The maximum Gasteiger partial charge on any atom is 0.0774 e. The highest BCUT2D eigenvalue weighted by molar-refractivity contribution is 4.91. The third-order valence-corrected chi connectivity index (χ3v) is 6.33. The summed E-state index contributed by atoms with van der Waals surface area (Å²) in [5, 5.41) is 14.5. The van der Waals surface area contributed by atoms with E-state index in [9.17, 15) is 5.11 Å². The van der Waals surface area contributed by atoms with Gasteiger partial charge in [-0.05, 0) is 49.9 Å². The van der Waals surface area contributed by atoms with Gasteiger partial charge in [0, 0.05) is 12.6 Å². The molecule has 3 fully saturated rings. The highest BCUT2D eigenvalue weighted by Crippen LogP contribution is 2.40. The fourth-order valence-electron chi connectivity index (χ4n) is 5.19. The van der Waals surface area contributed by atoms with E-state index in [-0.39, 0.29) is 0 Å². The van der Waals surface area contributed by atoms with Gasteiger partial charge in [0.15, 0.2) is 0 Å². The Morgan fingerprint density at radius 2 is 1.80 bits per heavy atom. The van der Waals surface area contributed by atoms with Crippen molar-refractivity contribution < 1.29 is 5.11 Å². The lowest BCUT2D eigenvalue weighted by atomic mass is 9.69. The Morgan fingerprint density at radius 1 is 1.00 bits per heavy atom. The van der Waals surface area contributed by atoms with E-state index in [0.29, 0.717) is 12.0 Å². The molecule has 0 bridgehead atoms. The Morgan fingerprint density at radius 3 is 2.60 bits per heavy atom. The standard InChI is InChI=1S/C18H33NO/c1-14-5-4-10-18(20,12-14)13-19-17-9-8-15-6-2-3-7-16(15)11-17/h14-17,19-20H,2-13H2,1H3. The van der Waals surface area contributed by atoms with Crippen molar-refractivity contribution in [1.29, 1.82) is 0 Å². The molecule has 0 amide bonds. The smallest absolute Gasteiger partial charge is 0.0774 e. The SMILES string of the molecule is CC1CCCC(O)(CNC2CCC3CCCCC3C2)C1. The van der Waals surface area contributed by atoms with Gasteiger partial charge in [0.2, 0.25) is 0 Å². The number of hydrogen-bond donors (Lipinski definition) is 2. The van der Waals surface area contributed by atoms with Crippen LogP contribution in [0, 0.1) is 17.8 Å². The third-order valence-electron chi connectivity index (χ3n) is 6.33. The molecule has 3 saturated carbocycles. The molecule has 2 N–H and O–H groups in total. The van der Waals surface area contributed by atoms with Crippen molar-refractivity contribution in [2.75, 3.05) is 6.54 Å². The Labute approximate surface area is 124 Å². The number of nitrogens with one attached hydrogen (secondary N) is 1. The van der Waals surface area contributed by atoms with Gasteiger partial charge in [-0.2, -0.15) is 0 Å². The van der Waals surface area contributed by atoms with Crippen molar-refractivity contribution >= 4 is 0 Å². The van der Waals surface area contributed by atoms with Gasteiger partial charge in [0.25, 0.3) is 0 Å². The zero-order valence-corrected chi connectivity index (χ0v) is 13.2. The minimum atomic E-state index is -0.416. The first-order valence-electron chi connectivity index (χ1n) is 9.10. The number of aliphatic hydroxyl groups is 1. The molecule has 3 aliphatic rings. The molecule has 5 atom stereocenters. The van der Waals surface area contributed by atoms with E-state index in [1.54, 1.807) is 0 Å². The number of fused-ring (bicyclic) bond motifs is 1. The normalized spacial score (nSPS) is 45.9. The number of rotatable bonds is 3. The highest BCUT2D eigenvalue weighted by atomic mass is 16.3. The van der Waals surface area contributed by atoms with Gasteiger partial charge in [-0.15, -0.1) is 0 Å². The van der Waals surface area contributed by atoms with E-state index >= 15 is 0 Å². The zero-order chi connectivity index (χ0) is 14.0. The molecule has 0 aliphatic heterocycles. The Hall–Kier alpha value is -0.0800. The van der Waals surface area contributed by atoms with Crippen LogP contribution in [0.5, 0.6) is 0 Å². The van der Waals surface area contributed by atoms with Crippen molar-refractivity contribution in [3.05, 3.63) is 0 Å². The summed E-state index contributed by atoms with van der Waals surface area (Å²) in [5.41, 5.74) is -0.416. The van der Waals surface area contributed by atoms with E-state index in [4.69, 9.17) is 0 Å². The van der Waals surface area contributed by atoms with Crippen LogP contribution in [0.2, 0.25) is 0 Å². The molecule has 20 heavy (non-hydrogen) atoms. The van der Waals surface area contributed by atoms with Crippen molar-refractivity contribution in [2.45, 2.75) is 89.2 Å². The van der Waals surface area contributed by atoms with Crippen LogP contribution in [0.1, 0.15) is 77.6 Å². The maximum atomic E-state index is 10.7. The van der Waals surface area contributed by atoms with Crippen LogP contribution in [0.4, 0.5) is 0 Å². The van der Waals surface area contributed by atoms with Crippen molar-refractivity contribution in [3.63, 3.8) is 0 Å². The Bertz CT molecular complexity index is 319. The number of hydrogen-bond acceptors (Lipinski definition) is 2. The Balaban J connectivity index is 1.46. The second-order valence-electron chi connectivity index (χ2n) is 8.12. The Kier molecular flexibility index (Phi) is 4.72. The average molecular weight is 279 g/mol. The summed E-state index contributed by atoms with van der Waals surface area (Å²) in [6, 6.07) is 0.676. The van der Waals surface area contributed by atoms with Gasteiger partial charge in [-0.1, -0.05) is 45.4 Å². The predicted octanol–water partition coefficient (Wildman–Crippen LogP) is 3.88. The predicted molar refractivity (Wildman–Crippen MR) is 83.7 cm³/mol. The fourth-order valence-corrected chi connectivity index (χ4v) is 5.19. The lowest BCUT2D eigenvalue weighted by Crippen LogP contribution is -2.48. The zero-order valence-electron chi connectivity index (χ0n) is 13.2. The van der Waals surface area contributed by atoms with Crippen LogP contribution in [-0.2, 0) is 0 Å². The molecule has 0 aromatic rings. The van der Waals surface area contributed by atoms with Crippen molar-refractivity contribution in [3.8, 4) is 0 Å². The molecule has 2 nitrogen and oxygen atoms in total. The van der Waals surface area contributed by atoms with Gasteiger partial charge in [0.1, 0.15) is 0 Å². The van der Waals surface area contributed by atoms with Crippen LogP contribution in [0.3, 0.4) is 0 Å². The van der Waals surface area contributed by atoms with E-state index in [0.717, 1.165) is 31.2 Å². The third kappa shape index (κ3) is 3.57. The van der Waals surface area contributed by atoms with Gasteiger partial charge in [-0.25, -0.2) is 0 Å². The molecule has 0 spiro atoms. The molecule has 0 aromatic carbocycles. The van der Waals surface area contributed by atoms with Crippen molar-refractivity contribution in [1.82, 2.24) is 5.32 Å². The van der Waals surface area contributed by atoms with Gasteiger partial charge in [0.05, 0.1) is 5.60 Å². The first-order chi connectivity index (χ1) is 9.65. The summed E-state index contributed by atoms with van der Waals surface area (Å²) in [6.07, 6.45) is 14.5. The topological polar surface area (TPSA) is 32.3 Å². The summed E-state index contributed by atoms with van der Waals surface area (Å²) >= 11 is 0. The fraction of sp³-hybridized carbons (Fsp3) is 1.00. The minimum absolute atomic E-state index is 0.416. The average Bonchev–Trinajstić information content (AvgIpc) is 2.45. The lowest BCUT2D eigenvalue weighted by Gasteiger charge is -2.42. The molecule has 3 aliphatic carbocycles. The lowest BCUT2D eigenvalue weighted by molar-refractivity contribution is -0.0163. The van der Waals surface area contributed by atoms with E-state index in [2.05, 4.69) is 12.2 Å². The van der Waals surface area contributed by atoms with Crippen molar-refractivity contribution in [2.24, 2.45) is 17.8 Å². The van der Waals surface area contributed by atoms with Gasteiger partial charge in [-0.3, -0.25) is 0 Å². The summed E-state index contributed by atoms with van der Waals surface area (Å²) < 4.78 is 0. The summed E-state index contributed by atoms with van der Waals surface area (Å²) in [7, 11) is 0. The van der Waals surface area contributed by atoms with Crippen LogP contribution in [-0.4, -0.2) is 23.3 Å². The van der Waals surface area contributed by atoms with Crippen LogP contribution < -0.4 is 5.32 Å². The highest BCUT2D eigenvalue weighted by Gasteiger charge is 2.35. The molecule has 0 heterocycles. The molecular formula is C18H33NO. The summed E-state index contributed by atoms with van der Waals surface area (Å²) in [4.78, 5) is 0. The molecule has 2 heteroatoms. The van der Waals surface area contributed by atoms with Crippen LogP contribution in [0.25, 0.3) is 0 Å². The molecule has 3 rings (SSSR count). The first-order valence-corrected chi connectivity index (χ1v) is 9.10. The maximum absolute atomic E-state index is 10.7. The largest absolute Gasteiger partial charge is 0.389 e. The van der Waals surface area contributed by atoms with E-state index < -0.39 is 5.60 Å². The van der Waals surface area contributed by atoms with Gasteiger partial charge < -0.3 is 10.4 Å². The monoisotopic (exact) mass is 279 g/mol. The molecule has 0 saturated heterocycles. The summed E-state index contributed by atoms with van der Waals surface area (Å²) in [5.74, 6) is 2.71. The van der Waals surface area contributed by atoms with Crippen LogP contribution >= 0.6 is 0 Å².